The fraction of sp³-hybridized carbons (Fsp3) is 0.0833. The Kier molecular flexibility index (Phi) is 4.06. The third kappa shape index (κ3) is 3.18. The number of aromatic nitrogens is 1. The molecule has 0 spiro atoms. The van der Waals surface area contributed by atoms with Crippen LogP contribution in [-0.4, -0.2) is 17.4 Å². The number of rotatable bonds is 5. The minimum atomic E-state index is -0.603. The molecule has 1 amide bonds. The molecule has 20 heavy (non-hydrogen) atoms. The molecule has 7 nitrogen and oxygen atoms in total. The first kappa shape index (κ1) is 13.7. The van der Waals surface area contributed by atoms with Gasteiger partial charge in [-0.25, -0.2) is 10.2 Å². The normalized spacial score (nSPS) is 10.1. The summed E-state index contributed by atoms with van der Waals surface area (Å²) < 4.78 is 23.2. The molecule has 0 atom stereocenters. The van der Waals surface area contributed by atoms with Crippen molar-refractivity contribution >= 4 is 12.2 Å². The molecule has 0 fully saturated rings. The molecule has 0 aliphatic heterocycles. The average Bonchev–Trinajstić information content (AvgIpc) is 2.92. The maximum atomic E-state index is 13.2. The molecule has 1 aromatic heterocycles. The second kappa shape index (κ2) is 5.93. The van der Waals surface area contributed by atoms with E-state index in [4.69, 9.17) is 15.1 Å². The third-order valence-electron chi connectivity index (χ3n) is 2.33. The van der Waals surface area contributed by atoms with E-state index in [1.807, 2.05) is 5.43 Å². The van der Waals surface area contributed by atoms with Crippen molar-refractivity contribution in [2.45, 2.75) is 6.61 Å². The summed E-state index contributed by atoms with van der Waals surface area (Å²) in [5.41, 5.74) is 2.05. The molecule has 0 saturated carbocycles. The summed E-state index contributed by atoms with van der Waals surface area (Å²) >= 11 is 0. The first-order valence-electron chi connectivity index (χ1n) is 5.47. The van der Waals surface area contributed by atoms with Crippen molar-refractivity contribution in [1.29, 1.82) is 0 Å². The summed E-state index contributed by atoms with van der Waals surface area (Å²) in [4.78, 5) is 21.7. The molecule has 3 N–H and O–H groups in total. The molecular weight excluding hydrogens is 269 g/mol. The second-order valence-corrected chi connectivity index (χ2v) is 3.78. The summed E-state index contributed by atoms with van der Waals surface area (Å²) in [5.74, 6) is 4.16. The molecule has 104 valence electrons. The van der Waals surface area contributed by atoms with Gasteiger partial charge in [-0.2, -0.15) is 0 Å². The van der Waals surface area contributed by atoms with Gasteiger partial charge in [0.25, 0.3) is 5.91 Å². The maximum Gasteiger partial charge on any atom is 0.287 e. The Labute approximate surface area is 112 Å². The molecule has 0 aliphatic carbocycles. The van der Waals surface area contributed by atoms with Gasteiger partial charge in [0, 0.05) is 17.7 Å². The first-order chi connectivity index (χ1) is 9.62. The molecule has 8 heteroatoms. The zero-order valence-electron chi connectivity index (χ0n) is 10.1. The number of nitrogens with zero attached hydrogens (tertiary/aromatic N) is 1. The standard InChI is InChI=1S/C12H10FN3O4/c13-8-1-7(5-17)2-9(3-8)19-6-10-4-11(16-20-10)12(18)15-14/h1-5H,6,14H2,(H,15,18). The lowest BCUT2D eigenvalue weighted by atomic mass is 10.2. The van der Waals surface area contributed by atoms with E-state index in [2.05, 4.69) is 5.16 Å². The average molecular weight is 279 g/mol. The second-order valence-electron chi connectivity index (χ2n) is 3.78. The van der Waals surface area contributed by atoms with Crippen LogP contribution in [0.4, 0.5) is 4.39 Å². The topological polar surface area (TPSA) is 107 Å². The van der Waals surface area contributed by atoms with Crippen LogP contribution in [0, 0.1) is 5.82 Å². The first-order valence-corrected chi connectivity index (χ1v) is 5.47. The number of ether oxygens (including phenoxy) is 1. The Bertz CT molecular complexity index is 641. The lowest BCUT2D eigenvalue weighted by Crippen LogP contribution is -2.30. The van der Waals surface area contributed by atoms with Gasteiger partial charge in [0.1, 0.15) is 24.5 Å². The van der Waals surface area contributed by atoms with Crippen LogP contribution in [-0.2, 0) is 6.61 Å². The van der Waals surface area contributed by atoms with E-state index in [0.29, 0.717) is 6.29 Å². The van der Waals surface area contributed by atoms with Gasteiger partial charge in [-0.3, -0.25) is 15.0 Å². The van der Waals surface area contributed by atoms with Crippen molar-refractivity contribution in [3.05, 3.63) is 47.1 Å². The zero-order chi connectivity index (χ0) is 14.5. The molecule has 0 unspecified atom stereocenters. The summed E-state index contributed by atoms with van der Waals surface area (Å²) in [5, 5.41) is 3.47. The monoisotopic (exact) mass is 279 g/mol. The number of nitrogens with two attached hydrogens (primary N) is 1. The van der Waals surface area contributed by atoms with E-state index in [9.17, 15) is 14.0 Å². The van der Waals surface area contributed by atoms with Crippen LogP contribution >= 0.6 is 0 Å². The van der Waals surface area contributed by atoms with Crippen molar-refractivity contribution in [3.8, 4) is 5.75 Å². The largest absolute Gasteiger partial charge is 0.485 e. The fourth-order valence-electron chi connectivity index (χ4n) is 1.45. The van der Waals surface area contributed by atoms with Crippen LogP contribution < -0.4 is 16.0 Å². The number of hydrazine groups is 1. The van der Waals surface area contributed by atoms with E-state index in [1.54, 1.807) is 0 Å². The number of hydrogen-bond donors (Lipinski definition) is 2. The van der Waals surface area contributed by atoms with Gasteiger partial charge in [0.05, 0.1) is 0 Å². The summed E-state index contributed by atoms with van der Waals surface area (Å²) in [6.07, 6.45) is 0.508. The Hall–Kier alpha value is -2.74. The van der Waals surface area contributed by atoms with Gasteiger partial charge >= 0.3 is 0 Å². The number of nitrogen functional groups attached to an aromatic ring is 1. The number of carbonyl (C=O) groups excluding carboxylic acids is 2. The van der Waals surface area contributed by atoms with Gasteiger partial charge in [-0.1, -0.05) is 5.16 Å². The highest BCUT2D eigenvalue weighted by Gasteiger charge is 2.11. The Balaban J connectivity index is 2.05. The fourth-order valence-corrected chi connectivity index (χ4v) is 1.45. The van der Waals surface area contributed by atoms with E-state index < -0.39 is 11.7 Å². The summed E-state index contributed by atoms with van der Waals surface area (Å²) in [7, 11) is 0. The van der Waals surface area contributed by atoms with Crippen LogP contribution in [0.2, 0.25) is 0 Å². The Morgan fingerprint density at radius 3 is 2.95 bits per heavy atom. The molecule has 2 aromatic rings. The van der Waals surface area contributed by atoms with Gasteiger partial charge in [-0.15, -0.1) is 0 Å². The lowest BCUT2D eigenvalue weighted by molar-refractivity contribution is 0.0944. The number of carbonyl (C=O) groups is 2. The van der Waals surface area contributed by atoms with Crippen LogP contribution in [0.3, 0.4) is 0 Å². The van der Waals surface area contributed by atoms with Crippen molar-refractivity contribution in [3.63, 3.8) is 0 Å². The van der Waals surface area contributed by atoms with Crippen LogP contribution in [0.15, 0.2) is 28.8 Å². The van der Waals surface area contributed by atoms with E-state index in [0.717, 1.165) is 12.1 Å². The maximum absolute atomic E-state index is 13.2. The molecular formula is C12H10FN3O4. The van der Waals surface area contributed by atoms with Crippen molar-refractivity contribution < 1.29 is 23.2 Å². The van der Waals surface area contributed by atoms with E-state index >= 15 is 0 Å². The van der Waals surface area contributed by atoms with Crippen LogP contribution in [0.5, 0.6) is 5.75 Å². The predicted molar refractivity (Wildman–Crippen MR) is 64.3 cm³/mol. The summed E-state index contributed by atoms with van der Waals surface area (Å²) in [6.45, 7) is -0.0768. The van der Waals surface area contributed by atoms with E-state index in [-0.39, 0.29) is 29.4 Å². The number of benzene rings is 1. The smallest absolute Gasteiger partial charge is 0.287 e. The highest BCUT2D eigenvalue weighted by Crippen LogP contribution is 2.17. The van der Waals surface area contributed by atoms with Crippen LogP contribution in [0.25, 0.3) is 0 Å². The van der Waals surface area contributed by atoms with E-state index in [1.165, 1.54) is 12.1 Å². The molecule has 1 heterocycles. The zero-order valence-corrected chi connectivity index (χ0v) is 10.1. The van der Waals surface area contributed by atoms with Gasteiger partial charge in [-0.05, 0) is 12.1 Å². The molecule has 2 rings (SSSR count). The number of nitrogens with one attached hydrogen (secondary N) is 1. The number of hydrogen-bond acceptors (Lipinski definition) is 6. The highest BCUT2D eigenvalue weighted by atomic mass is 19.1. The van der Waals surface area contributed by atoms with Gasteiger partial charge in [0.2, 0.25) is 0 Å². The number of amides is 1. The molecule has 1 aromatic carbocycles. The van der Waals surface area contributed by atoms with Crippen LogP contribution in [0.1, 0.15) is 26.6 Å². The highest BCUT2D eigenvalue weighted by molar-refractivity contribution is 5.91. The quantitative estimate of drug-likeness (QED) is 0.363. The van der Waals surface area contributed by atoms with Gasteiger partial charge in [0.15, 0.2) is 11.5 Å². The summed E-state index contributed by atoms with van der Waals surface area (Å²) in [6, 6.07) is 4.91. The molecule has 0 radical (unpaired) electrons. The number of halogens is 1. The third-order valence-corrected chi connectivity index (χ3v) is 2.33. The minimum Gasteiger partial charge on any atom is -0.485 e. The Morgan fingerprint density at radius 2 is 2.25 bits per heavy atom. The molecule has 0 aliphatic rings. The van der Waals surface area contributed by atoms with Crippen molar-refractivity contribution in [2.24, 2.45) is 5.84 Å². The SMILES string of the molecule is NNC(=O)c1cc(COc2cc(F)cc(C=O)c2)on1. The van der Waals surface area contributed by atoms with Gasteiger partial charge < -0.3 is 9.26 Å². The van der Waals surface area contributed by atoms with Crippen molar-refractivity contribution in [1.82, 2.24) is 10.6 Å². The minimum absolute atomic E-state index is 0.000997. The number of aldehydes is 1. The van der Waals surface area contributed by atoms with Crippen molar-refractivity contribution in [2.75, 3.05) is 0 Å². The molecule has 0 saturated heterocycles. The molecule has 0 bridgehead atoms. The Morgan fingerprint density at radius 1 is 1.45 bits per heavy atom. The lowest BCUT2D eigenvalue weighted by Gasteiger charge is -2.04. The predicted octanol–water partition coefficient (Wildman–Crippen LogP) is 0.809.